The zero-order valence-corrected chi connectivity index (χ0v) is 35.0. The van der Waals surface area contributed by atoms with E-state index < -0.39 is 56.5 Å². The van der Waals surface area contributed by atoms with E-state index in [9.17, 15) is 33.3 Å². The lowest BCUT2D eigenvalue weighted by atomic mass is 9.76. The van der Waals surface area contributed by atoms with Crippen LogP contribution in [0.25, 0.3) is 5.57 Å². The summed E-state index contributed by atoms with van der Waals surface area (Å²) in [7, 11) is -2.23. The molecule has 0 amide bonds. The number of esters is 1. The van der Waals surface area contributed by atoms with E-state index in [1.54, 1.807) is 6.07 Å². The number of β-amino-alcohol motifs (C(OH)–C–C–N with tert-alkyl or cyclic N) is 1. The van der Waals surface area contributed by atoms with Gasteiger partial charge < -0.3 is 34.3 Å². The second-order valence-electron chi connectivity index (χ2n) is 14.7. The molecule has 0 bridgehead atoms. The zero-order valence-electron chi connectivity index (χ0n) is 32.7. The molecule has 1 aliphatic heterocycles. The van der Waals surface area contributed by atoms with Crippen molar-refractivity contribution >= 4 is 50.6 Å². The van der Waals surface area contributed by atoms with Crippen molar-refractivity contribution < 1.29 is 52.3 Å². The van der Waals surface area contributed by atoms with Gasteiger partial charge in [0.1, 0.15) is 46.8 Å². The lowest BCUT2D eigenvalue weighted by molar-refractivity contribution is -0.146. The van der Waals surface area contributed by atoms with Crippen molar-refractivity contribution in [1.82, 2.24) is 15.2 Å². The standard InChI is InChI=1S/C41H49Cl2N3O11S/c1-39(25-47,38(50)51)45-21-29-17-33(42)36(19-35(29)55-24-27-16-31(22-44-20-27)58(4,52)53)56-26-41(13-8-12-32(40(41,2)43)28-10-6-5-7-11-28)57-15-9-14-46-23-30(48)18-34(46)37(49)54-3/h5-8,10-13,16-17,19-20,22,30,34,45,47-48H,9,14-15,18,21,23-26H2,1-4H3,(H,50,51)/t30-,34+,39?,40?,41?/m1/s1. The number of aliphatic carboxylic acids is 1. The normalized spacial score (nSPS) is 23.2. The summed E-state index contributed by atoms with van der Waals surface area (Å²) in [4.78, 5) is 29.1. The smallest absolute Gasteiger partial charge is 0.326 e. The number of rotatable bonds is 19. The summed E-state index contributed by atoms with van der Waals surface area (Å²) in [6, 6.07) is 13.6. The van der Waals surface area contributed by atoms with Crippen LogP contribution in [0.1, 0.15) is 43.4 Å². The topological polar surface area (TPSA) is 194 Å². The van der Waals surface area contributed by atoms with Gasteiger partial charge in [-0.25, -0.2) is 8.42 Å². The van der Waals surface area contributed by atoms with Crippen LogP contribution in [0.5, 0.6) is 11.5 Å². The number of hydrogen-bond acceptors (Lipinski definition) is 13. The highest BCUT2D eigenvalue weighted by molar-refractivity contribution is 7.90. The van der Waals surface area contributed by atoms with Gasteiger partial charge in [0.05, 0.1) is 29.7 Å². The number of carboxylic acid groups (broad SMARTS) is 1. The number of halogens is 2. The number of ether oxygens (including phenoxy) is 4. The minimum atomic E-state index is -3.55. The van der Waals surface area contributed by atoms with Gasteiger partial charge in [0.2, 0.25) is 0 Å². The molecule has 2 aromatic carbocycles. The third kappa shape index (κ3) is 10.4. The van der Waals surface area contributed by atoms with Crippen LogP contribution in [-0.2, 0) is 42.1 Å². The monoisotopic (exact) mass is 861 g/mol. The van der Waals surface area contributed by atoms with Gasteiger partial charge in [0.15, 0.2) is 9.84 Å². The van der Waals surface area contributed by atoms with Gasteiger partial charge in [-0.05, 0) is 49.6 Å². The summed E-state index contributed by atoms with van der Waals surface area (Å²) in [6.45, 7) is 3.09. The Bertz CT molecular complexity index is 2120. The molecule has 58 heavy (non-hydrogen) atoms. The molecule has 0 spiro atoms. The number of pyridine rings is 1. The molecule has 3 aromatic rings. The lowest BCUT2D eigenvalue weighted by Gasteiger charge is -2.45. The molecule has 0 saturated carbocycles. The zero-order chi connectivity index (χ0) is 42.3. The second-order valence-corrected chi connectivity index (χ2v) is 17.9. The number of likely N-dealkylation sites (tertiary alicyclic amines) is 1. The van der Waals surface area contributed by atoms with Crippen LogP contribution < -0.4 is 14.8 Å². The molecular formula is C41H49Cl2N3O11S. The van der Waals surface area contributed by atoms with Gasteiger partial charge in [0, 0.05) is 68.5 Å². The Balaban J connectivity index is 1.44. The molecule has 314 valence electrons. The van der Waals surface area contributed by atoms with Crippen LogP contribution in [-0.4, -0.2) is 120 Å². The molecule has 2 aliphatic rings. The first-order valence-corrected chi connectivity index (χ1v) is 21.2. The fraction of sp³-hybridized carbons (Fsp3) is 0.439. The molecule has 5 rings (SSSR count). The van der Waals surface area contributed by atoms with Crippen molar-refractivity contribution in [2.45, 2.75) is 72.9 Å². The first-order chi connectivity index (χ1) is 27.4. The maximum absolute atomic E-state index is 12.4. The predicted molar refractivity (Wildman–Crippen MR) is 218 cm³/mol. The van der Waals surface area contributed by atoms with E-state index >= 15 is 0 Å². The summed E-state index contributed by atoms with van der Waals surface area (Å²) in [6.07, 6.45) is 9.48. The number of methoxy groups -OCH3 is 1. The first kappa shape index (κ1) is 45.0. The van der Waals surface area contributed by atoms with Crippen molar-refractivity contribution in [2.24, 2.45) is 0 Å². The van der Waals surface area contributed by atoms with Crippen molar-refractivity contribution in [1.29, 1.82) is 0 Å². The number of carbonyl (C=O) groups excluding carboxylic acids is 1. The number of nitrogens with one attached hydrogen (secondary N) is 1. The molecule has 1 aromatic heterocycles. The Morgan fingerprint density at radius 2 is 1.86 bits per heavy atom. The van der Waals surface area contributed by atoms with E-state index in [4.69, 9.17) is 42.1 Å². The van der Waals surface area contributed by atoms with Crippen molar-refractivity contribution in [3.8, 4) is 11.5 Å². The number of nitrogens with zero attached hydrogens (tertiary/aromatic N) is 2. The number of sulfone groups is 1. The largest absolute Gasteiger partial charge is 0.488 e. The molecular weight excluding hydrogens is 813 g/mol. The molecule has 4 N–H and O–H groups in total. The Hall–Kier alpha value is -4.06. The van der Waals surface area contributed by atoms with Gasteiger partial charge in [-0.1, -0.05) is 54.1 Å². The Kier molecular flexibility index (Phi) is 14.7. The fourth-order valence-electron chi connectivity index (χ4n) is 6.80. The summed E-state index contributed by atoms with van der Waals surface area (Å²) >= 11 is 14.4. The number of alkyl halides is 1. The van der Waals surface area contributed by atoms with Crippen molar-refractivity contribution in [3.05, 3.63) is 101 Å². The molecule has 0 radical (unpaired) electrons. The van der Waals surface area contributed by atoms with Crippen molar-refractivity contribution in [2.75, 3.05) is 46.3 Å². The number of aliphatic hydroxyl groups excluding tert-OH is 2. The van der Waals surface area contributed by atoms with E-state index in [2.05, 4.69) is 10.3 Å². The second kappa shape index (κ2) is 18.9. The fourth-order valence-corrected chi connectivity index (χ4v) is 8.01. The Morgan fingerprint density at radius 1 is 1.12 bits per heavy atom. The predicted octanol–water partition coefficient (Wildman–Crippen LogP) is 4.43. The van der Waals surface area contributed by atoms with Crippen LogP contribution in [0.2, 0.25) is 5.02 Å². The van der Waals surface area contributed by atoms with Crippen molar-refractivity contribution in [3.63, 3.8) is 0 Å². The van der Waals surface area contributed by atoms with Crippen LogP contribution in [0.15, 0.2) is 84.0 Å². The number of hydrogen-bond donors (Lipinski definition) is 4. The SMILES string of the molecule is COC(=O)[C@@H]1C[C@@H](O)CN1CCCOC1(COc2cc(OCc3cncc(S(C)(=O)=O)c3)c(CNC(C)(CO)C(=O)O)cc2Cl)C=CC=C(c2ccccc2)C1(C)Cl. The van der Waals surface area contributed by atoms with E-state index in [1.807, 2.05) is 60.4 Å². The molecule has 1 fully saturated rings. The summed E-state index contributed by atoms with van der Waals surface area (Å²) in [5, 5.41) is 32.9. The van der Waals surface area contributed by atoms with Crippen LogP contribution in [0.4, 0.5) is 0 Å². The highest BCUT2D eigenvalue weighted by Gasteiger charge is 2.51. The van der Waals surface area contributed by atoms with E-state index in [0.717, 1.165) is 17.4 Å². The summed E-state index contributed by atoms with van der Waals surface area (Å²) < 4.78 is 48.7. The number of carbonyl (C=O) groups is 2. The van der Waals surface area contributed by atoms with Gasteiger partial charge in [-0.15, -0.1) is 11.6 Å². The molecule has 3 unspecified atom stereocenters. The van der Waals surface area contributed by atoms with E-state index in [-0.39, 0.29) is 54.2 Å². The number of benzene rings is 2. The Labute approximate surface area is 348 Å². The number of aliphatic hydroxyl groups is 2. The Morgan fingerprint density at radius 3 is 2.53 bits per heavy atom. The van der Waals surface area contributed by atoms with Crippen LogP contribution in [0, 0.1) is 0 Å². The molecule has 5 atom stereocenters. The third-order valence-corrected chi connectivity index (χ3v) is 12.3. The molecule has 14 nitrogen and oxygen atoms in total. The molecule has 2 heterocycles. The highest BCUT2D eigenvalue weighted by Crippen LogP contribution is 2.48. The first-order valence-electron chi connectivity index (χ1n) is 18.5. The average molecular weight is 863 g/mol. The third-order valence-electron chi connectivity index (χ3n) is 10.4. The molecule has 1 saturated heterocycles. The summed E-state index contributed by atoms with van der Waals surface area (Å²) in [5.41, 5.74) is -0.450. The average Bonchev–Trinajstić information content (AvgIpc) is 3.57. The molecule has 17 heteroatoms. The van der Waals surface area contributed by atoms with Crippen LogP contribution >= 0.6 is 23.2 Å². The minimum Gasteiger partial charge on any atom is -0.488 e. The quantitative estimate of drug-likeness (QED) is 0.0752. The van der Waals surface area contributed by atoms with Gasteiger partial charge >= 0.3 is 11.9 Å². The number of carboxylic acids is 1. The number of aromatic nitrogens is 1. The van der Waals surface area contributed by atoms with E-state index in [1.165, 1.54) is 38.6 Å². The summed E-state index contributed by atoms with van der Waals surface area (Å²) in [5.74, 6) is -1.28. The maximum Gasteiger partial charge on any atom is 0.326 e. The van der Waals surface area contributed by atoms with Gasteiger partial charge in [-0.2, -0.15) is 0 Å². The van der Waals surface area contributed by atoms with Gasteiger partial charge in [-0.3, -0.25) is 24.8 Å². The maximum atomic E-state index is 12.4. The minimum absolute atomic E-state index is 0.0102. The lowest BCUT2D eigenvalue weighted by Crippen LogP contribution is -2.55. The number of allylic oxidation sites excluding steroid dienone is 2. The van der Waals surface area contributed by atoms with Crippen LogP contribution in [0.3, 0.4) is 0 Å². The van der Waals surface area contributed by atoms with Gasteiger partial charge in [0.25, 0.3) is 0 Å². The molecule has 1 aliphatic carbocycles. The highest BCUT2D eigenvalue weighted by atomic mass is 35.5. The van der Waals surface area contributed by atoms with E-state index in [0.29, 0.717) is 30.6 Å².